The van der Waals surface area contributed by atoms with E-state index in [4.69, 9.17) is 0 Å². The number of pyridine rings is 1. The Labute approximate surface area is 185 Å². The number of aromatic nitrogens is 4. The number of piperidine rings is 1. The number of aromatic amines is 1. The quantitative estimate of drug-likeness (QED) is 0.477. The van der Waals surface area contributed by atoms with E-state index in [0.29, 0.717) is 25.9 Å². The number of rotatable bonds is 3. The summed E-state index contributed by atoms with van der Waals surface area (Å²) < 4.78 is 43.4. The summed E-state index contributed by atoms with van der Waals surface area (Å²) >= 11 is 0. The molecular weight excluding hydrogens is 435 g/mol. The maximum Gasteiger partial charge on any atom is 0.435 e. The Morgan fingerprint density at radius 1 is 1.09 bits per heavy atom. The summed E-state index contributed by atoms with van der Waals surface area (Å²) in [6.07, 6.45) is 0.312. The minimum Gasteiger partial charge on any atom is -0.339 e. The number of amides is 1. The number of benzene rings is 1. The fourth-order valence-electron chi connectivity index (χ4n) is 4.42. The lowest BCUT2D eigenvalue weighted by Crippen LogP contribution is -2.39. The smallest absolute Gasteiger partial charge is 0.339 e. The third kappa shape index (κ3) is 3.81. The number of para-hydroxylation sites is 2. The monoisotopic (exact) mass is 455 g/mol. The molecular formula is C23H20F3N5O2. The van der Waals surface area contributed by atoms with E-state index >= 15 is 0 Å². The van der Waals surface area contributed by atoms with Crippen LogP contribution in [-0.4, -0.2) is 42.8 Å². The van der Waals surface area contributed by atoms with E-state index in [1.165, 1.54) is 22.7 Å². The molecule has 1 fully saturated rings. The van der Waals surface area contributed by atoms with Crippen LogP contribution in [0.25, 0.3) is 22.8 Å². The van der Waals surface area contributed by atoms with Crippen LogP contribution < -0.4 is 5.69 Å². The summed E-state index contributed by atoms with van der Waals surface area (Å²) in [5.41, 5.74) is 0.328. The molecule has 0 radical (unpaired) electrons. The van der Waals surface area contributed by atoms with Crippen LogP contribution in [0.3, 0.4) is 0 Å². The molecule has 4 aromatic rings. The van der Waals surface area contributed by atoms with Crippen LogP contribution in [-0.2, 0) is 11.0 Å². The van der Waals surface area contributed by atoms with Crippen LogP contribution >= 0.6 is 0 Å². The highest BCUT2D eigenvalue weighted by Gasteiger charge is 2.37. The molecule has 1 amide bonds. The van der Waals surface area contributed by atoms with E-state index in [-0.39, 0.29) is 29.0 Å². The second kappa shape index (κ2) is 7.95. The van der Waals surface area contributed by atoms with Gasteiger partial charge in [-0.25, -0.2) is 9.78 Å². The lowest BCUT2D eigenvalue weighted by Gasteiger charge is -2.32. The van der Waals surface area contributed by atoms with Crippen molar-refractivity contribution in [2.75, 3.05) is 13.1 Å². The molecule has 0 aliphatic carbocycles. The summed E-state index contributed by atoms with van der Waals surface area (Å²) in [5, 5.41) is 0. The summed E-state index contributed by atoms with van der Waals surface area (Å²) in [6.45, 7) is 0.804. The predicted molar refractivity (Wildman–Crippen MR) is 117 cm³/mol. The number of nitrogens with zero attached hydrogens (tertiary/aromatic N) is 4. The Morgan fingerprint density at radius 2 is 1.82 bits per heavy atom. The van der Waals surface area contributed by atoms with Crippen LogP contribution in [0.15, 0.2) is 59.5 Å². The van der Waals surface area contributed by atoms with Gasteiger partial charge in [-0.15, -0.1) is 0 Å². The Hall–Kier alpha value is -3.82. The zero-order valence-corrected chi connectivity index (χ0v) is 17.4. The molecule has 33 heavy (non-hydrogen) atoms. The fraction of sp³-hybridized carbons (Fsp3) is 0.261. The van der Waals surface area contributed by atoms with Gasteiger partial charge in [0.25, 0.3) is 0 Å². The first-order chi connectivity index (χ1) is 15.8. The van der Waals surface area contributed by atoms with Crippen molar-refractivity contribution in [1.29, 1.82) is 0 Å². The van der Waals surface area contributed by atoms with Gasteiger partial charge in [-0.2, -0.15) is 13.2 Å². The van der Waals surface area contributed by atoms with E-state index < -0.39 is 11.9 Å². The number of fused-ring (bicyclic) bond motifs is 2. The van der Waals surface area contributed by atoms with Crippen molar-refractivity contribution in [1.82, 2.24) is 23.8 Å². The molecule has 0 bridgehead atoms. The molecule has 4 heterocycles. The number of carbonyl (C=O) groups excluding carboxylic acids is 1. The van der Waals surface area contributed by atoms with E-state index in [1.807, 2.05) is 24.3 Å². The average molecular weight is 455 g/mol. The number of hydrogen-bond donors (Lipinski definition) is 1. The third-order valence-corrected chi connectivity index (χ3v) is 5.98. The zero-order chi connectivity index (χ0) is 23.2. The molecule has 1 aliphatic rings. The molecule has 1 saturated heterocycles. The van der Waals surface area contributed by atoms with E-state index in [2.05, 4.69) is 9.97 Å². The molecule has 0 spiro atoms. The van der Waals surface area contributed by atoms with Crippen molar-refractivity contribution in [2.45, 2.75) is 25.1 Å². The SMILES string of the molecule is O=C(/C=C/c1c(C(F)(F)F)nc2ccccn12)N1CCC(n2c(=O)[nH]c3ccccc32)CC1. The Balaban J connectivity index is 1.33. The fourth-order valence-corrected chi connectivity index (χ4v) is 4.42. The number of halogens is 3. The topological polar surface area (TPSA) is 75.4 Å². The van der Waals surface area contributed by atoms with Crippen molar-refractivity contribution >= 4 is 28.7 Å². The van der Waals surface area contributed by atoms with Gasteiger partial charge in [0.2, 0.25) is 5.91 Å². The minimum atomic E-state index is -4.64. The molecule has 0 atom stereocenters. The first-order valence-electron chi connectivity index (χ1n) is 10.5. The third-order valence-electron chi connectivity index (χ3n) is 5.98. The predicted octanol–water partition coefficient (Wildman–Crippen LogP) is 3.87. The van der Waals surface area contributed by atoms with Gasteiger partial charge < -0.3 is 9.88 Å². The van der Waals surface area contributed by atoms with Crippen molar-refractivity contribution in [2.24, 2.45) is 0 Å². The highest BCUT2D eigenvalue weighted by molar-refractivity contribution is 5.92. The van der Waals surface area contributed by atoms with Crippen LogP contribution in [0.5, 0.6) is 0 Å². The Bertz CT molecular complexity index is 1420. The summed E-state index contributed by atoms with van der Waals surface area (Å²) in [5.74, 6) is -0.376. The van der Waals surface area contributed by atoms with Gasteiger partial charge in [0.15, 0.2) is 5.69 Å². The van der Waals surface area contributed by atoms with Crippen LogP contribution in [0.2, 0.25) is 0 Å². The first kappa shape index (κ1) is 21.0. The van der Waals surface area contributed by atoms with E-state index in [0.717, 1.165) is 17.1 Å². The summed E-state index contributed by atoms with van der Waals surface area (Å²) in [6, 6.07) is 12.1. The largest absolute Gasteiger partial charge is 0.435 e. The number of alkyl halides is 3. The van der Waals surface area contributed by atoms with Gasteiger partial charge in [-0.1, -0.05) is 18.2 Å². The van der Waals surface area contributed by atoms with Crippen LogP contribution in [0.4, 0.5) is 13.2 Å². The van der Waals surface area contributed by atoms with E-state index in [1.54, 1.807) is 21.6 Å². The summed E-state index contributed by atoms with van der Waals surface area (Å²) in [7, 11) is 0. The number of imidazole rings is 2. The summed E-state index contributed by atoms with van der Waals surface area (Å²) in [4.78, 5) is 33.2. The second-order valence-corrected chi connectivity index (χ2v) is 7.98. The molecule has 5 rings (SSSR count). The number of carbonyl (C=O) groups is 1. The average Bonchev–Trinajstić information content (AvgIpc) is 3.34. The molecule has 1 aromatic carbocycles. The van der Waals surface area contributed by atoms with Gasteiger partial charge in [0.1, 0.15) is 5.65 Å². The highest BCUT2D eigenvalue weighted by Crippen LogP contribution is 2.32. The molecule has 170 valence electrons. The molecule has 1 aliphatic heterocycles. The zero-order valence-electron chi connectivity index (χ0n) is 17.4. The first-order valence-corrected chi connectivity index (χ1v) is 10.5. The molecule has 3 aromatic heterocycles. The highest BCUT2D eigenvalue weighted by atomic mass is 19.4. The molecule has 10 heteroatoms. The maximum atomic E-state index is 13.5. The number of likely N-dealkylation sites (tertiary alicyclic amines) is 1. The number of H-pyrrole nitrogens is 1. The number of nitrogens with one attached hydrogen (secondary N) is 1. The molecule has 7 nitrogen and oxygen atoms in total. The maximum absolute atomic E-state index is 13.5. The minimum absolute atomic E-state index is 0.0581. The van der Waals surface area contributed by atoms with Gasteiger partial charge >= 0.3 is 11.9 Å². The van der Waals surface area contributed by atoms with Crippen LogP contribution in [0.1, 0.15) is 30.3 Å². The normalized spacial score (nSPS) is 15.8. The second-order valence-electron chi connectivity index (χ2n) is 7.98. The molecule has 0 unspecified atom stereocenters. The van der Waals surface area contributed by atoms with Crippen molar-refractivity contribution < 1.29 is 18.0 Å². The van der Waals surface area contributed by atoms with Crippen LogP contribution in [0, 0.1) is 0 Å². The Kier molecular flexibility index (Phi) is 5.07. The molecule has 1 N–H and O–H groups in total. The lowest BCUT2D eigenvalue weighted by atomic mass is 10.0. The van der Waals surface area contributed by atoms with Gasteiger partial charge in [-0.3, -0.25) is 13.8 Å². The standard InChI is InChI=1S/C23H20F3N5O2/c24-23(25,26)21-18(30-12-4-3-7-19(30)28-21)8-9-20(32)29-13-10-15(11-14-29)31-17-6-2-1-5-16(17)27-22(31)33/h1-9,12,15H,10-11,13-14H2,(H,27,33)/b9-8+. The lowest BCUT2D eigenvalue weighted by molar-refractivity contribution is -0.141. The molecule has 0 saturated carbocycles. The van der Waals surface area contributed by atoms with Crippen molar-refractivity contribution in [3.05, 3.63) is 76.6 Å². The number of hydrogen-bond acceptors (Lipinski definition) is 3. The van der Waals surface area contributed by atoms with Gasteiger partial charge in [-0.05, 0) is 43.2 Å². The Morgan fingerprint density at radius 3 is 2.58 bits per heavy atom. The van der Waals surface area contributed by atoms with Gasteiger partial charge in [0.05, 0.1) is 16.7 Å². The van der Waals surface area contributed by atoms with Gasteiger partial charge in [0, 0.05) is 31.4 Å². The van der Waals surface area contributed by atoms with Crippen molar-refractivity contribution in [3.8, 4) is 0 Å². The van der Waals surface area contributed by atoms with Crippen molar-refractivity contribution in [3.63, 3.8) is 0 Å². The van der Waals surface area contributed by atoms with E-state index in [9.17, 15) is 22.8 Å².